The Morgan fingerprint density at radius 3 is 2.63 bits per heavy atom. The van der Waals surface area contributed by atoms with Crippen LogP contribution in [0.2, 0.25) is 0 Å². The van der Waals surface area contributed by atoms with Gasteiger partial charge in [0.2, 0.25) is 0 Å². The molecule has 6 heteroatoms. The normalized spacial score (nSPS) is 19.6. The molecule has 102 valence electrons. The summed E-state index contributed by atoms with van der Waals surface area (Å²) in [5.74, 6) is -0.558. The molecule has 2 amide bonds. The predicted molar refractivity (Wildman–Crippen MR) is 70.1 cm³/mol. The first-order valence-electron chi connectivity index (χ1n) is 6.13. The molecule has 6 nitrogen and oxygen atoms in total. The van der Waals surface area contributed by atoms with Gasteiger partial charge in [0, 0.05) is 6.54 Å². The van der Waals surface area contributed by atoms with Crippen LogP contribution in [0.1, 0.15) is 30.8 Å². The van der Waals surface area contributed by atoms with Gasteiger partial charge < -0.3 is 15.7 Å². The van der Waals surface area contributed by atoms with Crippen LogP contribution in [-0.2, 0) is 0 Å². The molecular formula is C13H17N3O3. The molecule has 0 bridgehead atoms. The van der Waals surface area contributed by atoms with Gasteiger partial charge in [0.25, 0.3) is 0 Å². The van der Waals surface area contributed by atoms with Crippen molar-refractivity contribution in [2.75, 3.05) is 11.9 Å². The van der Waals surface area contributed by atoms with Crippen LogP contribution in [0.15, 0.2) is 18.3 Å². The van der Waals surface area contributed by atoms with E-state index < -0.39 is 5.97 Å². The first kappa shape index (κ1) is 13.3. The Kier molecular flexibility index (Phi) is 3.42. The standard InChI is InChI=1S/C13H17N3O3/c1-13(2)5-8(13)6-15-12(19)16-9-3-4-10(11(17)18)14-7-9/h3-4,7-8H,5-6H2,1-2H3,(H,17,18)(H2,15,16,19). The largest absolute Gasteiger partial charge is 0.477 e. The summed E-state index contributed by atoms with van der Waals surface area (Å²) in [6, 6.07) is 2.56. The monoisotopic (exact) mass is 263 g/mol. The highest BCUT2D eigenvalue weighted by Gasteiger charge is 2.45. The van der Waals surface area contributed by atoms with Crippen LogP contribution < -0.4 is 10.6 Å². The Hall–Kier alpha value is -2.11. The second-order valence-corrected chi connectivity index (χ2v) is 5.46. The number of rotatable bonds is 4. The molecule has 1 saturated carbocycles. The van der Waals surface area contributed by atoms with Crippen molar-refractivity contribution in [1.82, 2.24) is 10.3 Å². The van der Waals surface area contributed by atoms with E-state index >= 15 is 0 Å². The molecule has 0 aromatic carbocycles. The van der Waals surface area contributed by atoms with Crippen molar-refractivity contribution >= 4 is 17.7 Å². The van der Waals surface area contributed by atoms with E-state index in [0.29, 0.717) is 23.6 Å². The summed E-state index contributed by atoms with van der Waals surface area (Å²) < 4.78 is 0. The number of nitrogens with zero attached hydrogens (tertiary/aromatic N) is 1. The molecule has 1 heterocycles. The minimum absolute atomic E-state index is 0.0503. The lowest BCUT2D eigenvalue weighted by Gasteiger charge is -2.08. The van der Waals surface area contributed by atoms with Crippen molar-refractivity contribution in [2.45, 2.75) is 20.3 Å². The number of pyridine rings is 1. The number of hydrogen-bond donors (Lipinski definition) is 3. The number of carboxylic acid groups (broad SMARTS) is 1. The van der Waals surface area contributed by atoms with Gasteiger partial charge in [-0.1, -0.05) is 13.8 Å². The molecule has 1 unspecified atom stereocenters. The van der Waals surface area contributed by atoms with Crippen molar-refractivity contribution in [3.8, 4) is 0 Å². The van der Waals surface area contributed by atoms with Gasteiger partial charge in [-0.25, -0.2) is 14.6 Å². The third-order valence-corrected chi connectivity index (χ3v) is 3.47. The number of anilines is 1. The fraction of sp³-hybridized carbons (Fsp3) is 0.462. The van der Waals surface area contributed by atoms with Gasteiger partial charge in [0.05, 0.1) is 11.9 Å². The smallest absolute Gasteiger partial charge is 0.354 e. The molecule has 1 atom stereocenters. The highest BCUT2D eigenvalue weighted by atomic mass is 16.4. The zero-order valence-electron chi connectivity index (χ0n) is 10.9. The number of urea groups is 1. The molecule has 2 rings (SSSR count). The zero-order chi connectivity index (χ0) is 14.0. The Morgan fingerprint density at radius 1 is 1.47 bits per heavy atom. The molecule has 1 aliphatic rings. The summed E-state index contributed by atoms with van der Waals surface area (Å²) in [7, 11) is 0. The molecule has 0 saturated heterocycles. The van der Waals surface area contributed by atoms with Crippen LogP contribution in [0.4, 0.5) is 10.5 Å². The number of nitrogens with one attached hydrogen (secondary N) is 2. The maximum Gasteiger partial charge on any atom is 0.354 e. The summed E-state index contributed by atoms with van der Waals surface area (Å²) in [6.07, 6.45) is 2.45. The summed E-state index contributed by atoms with van der Waals surface area (Å²) >= 11 is 0. The van der Waals surface area contributed by atoms with E-state index in [1.54, 1.807) is 0 Å². The van der Waals surface area contributed by atoms with E-state index in [9.17, 15) is 9.59 Å². The van der Waals surface area contributed by atoms with Crippen molar-refractivity contribution < 1.29 is 14.7 Å². The maximum absolute atomic E-state index is 11.6. The fourth-order valence-corrected chi connectivity index (χ4v) is 1.91. The number of aromatic carboxylic acids is 1. The maximum atomic E-state index is 11.6. The number of carbonyl (C=O) groups is 2. The first-order chi connectivity index (χ1) is 8.88. The van der Waals surface area contributed by atoms with Crippen LogP contribution in [0.25, 0.3) is 0 Å². The number of carboxylic acids is 1. The summed E-state index contributed by atoms with van der Waals surface area (Å²) in [4.78, 5) is 25.9. The van der Waals surface area contributed by atoms with E-state index in [1.165, 1.54) is 18.3 Å². The lowest BCUT2D eigenvalue weighted by atomic mass is 10.1. The topological polar surface area (TPSA) is 91.3 Å². The average Bonchev–Trinajstić information content (AvgIpc) is 2.95. The number of hydrogen-bond acceptors (Lipinski definition) is 3. The zero-order valence-corrected chi connectivity index (χ0v) is 10.9. The minimum Gasteiger partial charge on any atom is -0.477 e. The SMILES string of the molecule is CC1(C)CC1CNC(=O)Nc1ccc(C(=O)O)nc1. The Morgan fingerprint density at radius 2 is 2.16 bits per heavy atom. The summed E-state index contributed by atoms with van der Waals surface area (Å²) in [5, 5.41) is 14.1. The Labute approximate surface area is 111 Å². The van der Waals surface area contributed by atoms with Gasteiger partial charge >= 0.3 is 12.0 Å². The quantitative estimate of drug-likeness (QED) is 0.774. The molecule has 1 aromatic rings. The third kappa shape index (κ3) is 3.43. The van der Waals surface area contributed by atoms with Gasteiger partial charge in [-0.3, -0.25) is 0 Å². The lowest BCUT2D eigenvalue weighted by molar-refractivity contribution is 0.0690. The van der Waals surface area contributed by atoms with Crippen molar-refractivity contribution in [3.63, 3.8) is 0 Å². The van der Waals surface area contributed by atoms with Crippen LogP contribution in [0.5, 0.6) is 0 Å². The van der Waals surface area contributed by atoms with E-state index in [1.807, 2.05) is 0 Å². The van der Waals surface area contributed by atoms with Gasteiger partial charge in [0.15, 0.2) is 0 Å². The van der Waals surface area contributed by atoms with Gasteiger partial charge in [-0.05, 0) is 29.9 Å². The van der Waals surface area contributed by atoms with Crippen molar-refractivity contribution in [3.05, 3.63) is 24.0 Å². The Bertz CT molecular complexity index is 496. The lowest BCUT2D eigenvalue weighted by Crippen LogP contribution is -2.31. The summed E-state index contributed by atoms with van der Waals surface area (Å²) in [6.45, 7) is 5.00. The van der Waals surface area contributed by atoms with Crippen molar-refractivity contribution in [1.29, 1.82) is 0 Å². The molecule has 1 aliphatic carbocycles. The van der Waals surface area contributed by atoms with Gasteiger partial charge in [-0.2, -0.15) is 0 Å². The van der Waals surface area contributed by atoms with E-state index in [2.05, 4.69) is 29.5 Å². The van der Waals surface area contributed by atoms with Gasteiger partial charge in [0.1, 0.15) is 5.69 Å². The van der Waals surface area contributed by atoms with Gasteiger partial charge in [-0.15, -0.1) is 0 Å². The molecule has 1 fully saturated rings. The predicted octanol–water partition coefficient (Wildman–Crippen LogP) is 1.95. The number of carbonyl (C=O) groups excluding carboxylic acids is 1. The van der Waals surface area contributed by atoms with E-state index in [4.69, 9.17) is 5.11 Å². The van der Waals surface area contributed by atoms with Crippen LogP contribution in [0, 0.1) is 11.3 Å². The van der Waals surface area contributed by atoms with E-state index in [-0.39, 0.29) is 11.7 Å². The Balaban J connectivity index is 1.80. The number of amides is 2. The highest BCUT2D eigenvalue weighted by Crippen LogP contribution is 2.50. The fourth-order valence-electron chi connectivity index (χ4n) is 1.91. The molecule has 0 radical (unpaired) electrons. The molecule has 19 heavy (non-hydrogen) atoms. The second-order valence-electron chi connectivity index (χ2n) is 5.46. The van der Waals surface area contributed by atoms with Crippen molar-refractivity contribution in [2.24, 2.45) is 11.3 Å². The van der Waals surface area contributed by atoms with Crippen LogP contribution >= 0.6 is 0 Å². The highest BCUT2D eigenvalue weighted by molar-refractivity contribution is 5.90. The third-order valence-electron chi connectivity index (χ3n) is 3.47. The summed E-state index contributed by atoms with van der Waals surface area (Å²) in [5.41, 5.74) is 0.751. The molecule has 0 spiro atoms. The minimum atomic E-state index is -1.09. The molecular weight excluding hydrogens is 246 g/mol. The average molecular weight is 263 g/mol. The number of aromatic nitrogens is 1. The van der Waals surface area contributed by atoms with Crippen LogP contribution in [0.3, 0.4) is 0 Å². The van der Waals surface area contributed by atoms with Crippen LogP contribution in [-0.4, -0.2) is 28.6 Å². The first-order valence-corrected chi connectivity index (χ1v) is 6.13. The molecule has 1 aromatic heterocycles. The molecule has 3 N–H and O–H groups in total. The second kappa shape index (κ2) is 4.87. The molecule has 0 aliphatic heterocycles. The van der Waals surface area contributed by atoms with E-state index in [0.717, 1.165) is 6.42 Å².